The molecule has 0 spiro atoms. The van der Waals surface area contributed by atoms with E-state index in [1.165, 1.54) is 0 Å². The molecule has 0 bridgehead atoms. The van der Waals surface area contributed by atoms with Gasteiger partial charge in [0.05, 0.1) is 27.5 Å². The average Bonchev–Trinajstić information content (AvgIpc) is 3.69. The summed E-state index contributed by atoms with van der Waals surface area (Å²) in [5, 5.41) is 2.18. The highest BCUT2D eigenvalue weighted by atomic mass is 32.1. The molecule has 7 heteroatoms. The molecule has 0 saturated carbocycles. The molecular weight excluding hydrogens is 693 g/mol. The molecule has 0 atom stereocenters. The molecule has 0 radical (unpaired) electrons. The normalized spacial score (nSPS) is 11.3. The van der Waals surface area contributed by atoms with Gasteiger partial charge in [-0.25, -0.2) is 19.9 Å². The minimum Gasteiger partial charge on any atom is -0.256 e. The predicted octanol–water partition coefficient (Wildman–Crippen LogP) is 12.1. The monoisotopic (exact) mass is 722 g/mol. The fraction of sp³-hybridized carbons (Fsp3) is 0. The second kappa shape index (κ2) is 14.0. The number of benzene rings is 5. The van der Waals surface area contributed by atoms with Gasteiger partial charge in [-0.15, -0.1) is 11.3 Å². The summed E-state index contributed by atoms with van der Waals surface area (Å²) >= 11 is 1.75. The summed E-state index contributed by atoms with van der Waals surface area (Å²) in [6, 6.07) is 57.6. The number of para-hydroxylation sites is 1. The fourth-order valence-corrected chi connectivity index (χ4v) is 8.37. The lowest BCUT2D eigenvalue weighted by Gasteiger charge is -2.12. The Morgan fingerprint density at radius 3 is 1.53 bits per heavy atom. The van der Waals surface area contributed by atoms with Gasteiger partial charge in [0.1, 0.15) is 0 Å². The van der Waals surface area contributed by atoms with Crippen LogP contribution in [-0.4, -0.2) is 29.9 Å². The Morgan fingerprint density at radius 2 is 0.891 bits per heavy atom. The maximum Gasteiger partial charge on any atom is 0.164 e. The summed E-state index contributed by atoms with van der Waals surface area (Å²) in [6.07, 6.45) is 3.69. The van der Waals surface area contributed by atoms with E-state index in [-0.39, 0.29) is 0 Å². The molecule has 0 N–H and O–H groups in total. The molecule has 5 aromatic carbocycles. The number of rotatable bonds is 7. The molecule has 258 valence electrons. The van der Waals surface area contributed by atoms with Crippen LogP contribution >= 0.6 is 11.3 Å². The van der Waals surface area contributed by atoms with E-state index in [1.54, 1.807) is 11.3 Å². The van der Waals surface area contributed by atoms with Crippen LogP contribution in [0.2, 0.25) is 0 Å². The predicted molar refractivity (Wildman–Crippen MR) is 224 cm³/mol. The molecule has 10 aromatic rings. The lowest BCUT2D eigenvalue weighted by atomic mass is 9.95. The highest BCUT2D eigenvalue weighted by Crippen LogP contribution is 2.49. The van der Waals surface area contributed by atoms with Gasteiger partial charge in [0.15, 0.2) is 17.5 Å². The van der Waals surface area contributed by atoms with E-state index < -0.39 is 0 Å². The molecule has 6 nitrogen and oxygen atoms in total. The van der Waals surface area contributed by atoms with Gasteiger partial charge in [-0.1, -0.05) is 127 Å². The zero-order valence-electron chi connectivity index (χ0n) is 29.4. The number of fused-ring (bicyclic) bond motifs is 3. The second-order valence-corrected chi connectivity index (χ2v) is 14.1. The van der Waals surface area contributed by atoms with Crippen molar-refractivity contribution in [2.45, 2.75) is 0 Å². The van der Waals surface area contributed by atoms with Crippen molar-refractivity contribution in [3.05, 3.63) is 182 Å². The molecule has 0 aliphatic rings. The van der Waals surface area contributed by atoms with Crippen LogP contribution in [0.15, 0.2) is 182 Å². The van der Waals surface area contributed by atoms with Crippen molar-refractivity contribution in [1.29, 1.82) is 0 Å². The minimum atomic E-state index is 0.615. The van der Waals surface area contributed by atoms with Crippen molar-refractivity contribution in [1.82, 2.24) is 29.9 Å². The van der Waals surface area contributed by atoms with Gasteiger partial charge in [0, 0.05) is 55.7 Å². The van der Waals surface area contributed by atoms with Crippen molar-refractivity contribution >= 4 is 32.3 Å². The molecule has 0 fully saturated rings. The van der Waals surface area contributed by atoms with Crippen LogP contribution in [0.3, 0.4) is 0 Å². The number of pyridine rings is 3. The van der Waals surface area contributed by atoms with Crippen molar-refractivity contribution in [2.75, 3.05) is 0 Å². The van der Waals surface area contributed by atoms with Crippen molar-refractivity contribution < 1.29 is 0 Å². The lowest BCUT2D eigenvalue weighted by Crippen LogP contribution is -2.00. The Kier molecular flexibility index (Phi) is 8.24. The first-order valence-corrected chi connectivity index (χ1v) is 18.8. The van der Waals surface area contributed by atoms with Crippen LogP contribution < -0.4 is 0 Å². The van der Waals surface area contributed by atoms with Crippen LogP contribution in [0.1, 0.15) is 0 Å². The molecule has 0 amide bonds. The van der Waals surface area contributed by atoms with E-state index in [9.17, 15) is 0 Å². The van der Waals surface area contributed by atoms with Crippen molar-refractivity contribution in [3.63, 3.8) is 0 Å². The molecule has 0 unspecified atom stereocenters. The molecule has 5 heterocycles. The first kappa shape index (κ1) is 32.4. The molecule has 5 aromatic heterocycles. The first-order valence-electron chi connectivity index (χ1n) is 18.0. The topological polar surface area (TPSA) is 77.3 Å². The van der Waals surface area contributed by atoms with Gasteiger partial charge >= 0.3 is 0 Å². The second-order valence-electron chi connectivity index (χ2n) is 13.1. The summed E-state index contributed by atoms with van der Waals surface area (Å²) < 4.78 is 1.16. The molecule has 0 aliphatic carbocycles. The Balaban J connectivity index is 1.14. The minimum absolute atomic E-state index is 0.615. The maximum atomic E-state index is 5.38. The van der Waals surface area contributed by atoms with E-state index in [4.69, 9.17) is 29.9 Å². The number of nitrogens with zero attached hydrogens (tertiary/aromatic N) is 6. The third-order valence-corrected chi connectivity index (χ3v) is 10.9. The quantitative estimate of drug-likeness (QED) is 0.163. The molecular formula is C48H30N6S. The zero-order valence-corrected chi connectivity index (χ0v) is 30.2. The standard InChI is InChI=1S/C48H30N6S/c1-3-15-31(16-4-1)46-52-47(32-17-5-2-6-18-32)54-48(53-46)36-22-14-20-34(30-36)33-19-13-21-35(29-33)43-42-41(39-25-9-11-27-49-39)45(40-26-10-12-28-50-40)55-44(42)37-23-7-8-24-38(37)51-43/h1-30H. The van der Waals surface area contributed by atoms with Crippen LogP contribution in [0.5, 0.6) is 0 Å². The number of thiophene rings is 1. The van der Waals surface area contributed by atoms with E-state index in [2.05, 4.69) is 78.9 Å². The maximum absolute atomic E-state index is 5.38. The van der Waals surface area contributed by atoms with Crippen LogP contribution in [0.25, 0.3) is 99.4 Å². The Morgan fingerprint density at radius 1 is 0.382 bits per heavy atom. The summed E-state index contributed by atoms with van der Waals surface area (Å²) in [5.41, 5.74) is 10.6. The van der Waals surface area contributed by atoms with Crippen molar-refractivity contribution in [2.24, 2.45) is 0 Å². The molecule has 0 saturated heterocycles. The van der Waals surface area contributed by atoms with Gasteiger partial charge in [-0.2, -0.15) is 0 Å². The fourth-order valence-electron chi connectivity index (χ4n) is 7.05. The van der Waals surface area contributed by atoms with E-state index in [0.717, 1.165) is 81.9 Å². The van der Waals surface area contributed by atoms with E-state index in [1.807, 2.05) is 103 Å². The number of hydrogen-bond acceptors (Lipinski definition) is 7. The average molecular weight is 723 g/mol. The van der Waals surface area contributed by atoms with Crippen LogP contribution in [0, 0.1) is 0 Å². The van der Waals surface area contributed by atoms with Crippen LogP contribution in [0.4, 0.5) is 0 Å². The van der Waals surface area contributed by atoms with Crippen LogP contribution in [-0.2, 0) is 0 Å². The third-order valence-electron chi connectivity index (χ3n) is 9.63. The van der Waals surface area contributed by atoms with Gasteiger partial charge < -0.3 is 0 Å². The highest BCUT2D eigenvalue weighted by Gasteiger charge is 2.24. The largest absolute Gasteiger partial charge is 0.256 e. The highest BCUT2D eigenvalue weighted by molar-refractivity contribution is 7.24. The third kappa shape index (κ3) is 6.12. The zero-order chi connectivity index (χ0) is 36.6. The number of aromatic nitrogens is 6. The lowest BCUT2D eigenvalue weighted by molar-refractivity contribution is 1.07. The summed E-state index contributed by atoms with van der Waals surface area (Å²) in [6.45, 7) is 0. The molecule has 55 heavy (non-hydrogen) atoms. The van der Waals surface area contributed by atoms with Gasteiger partial charge in [-0.05, 0) is 53.6 Å². The summed E-state index contributed by atoms with van der Waals surface area (Å²) in [7, 11) is 0. The summed E-state index contributed by atoms with van der Waals surface area (Å²) in [4.78, 5) is 31.0. The van der Waals surface area contributed by atoms with Gasteiger partial charge in [-0.3, -0.25) is 9.97 Å². The molecule has 10 rings (SSSR count). The SMILES string of the molecule is c1ccc(-c2nc(-c3ccccc3)nc(-c3cccc(-c4cccc(-c5nc6ccccc6c6sc(-c7ccccn7)c(-c7ccccn7)c56)c4)c3)n2)cc1. The summed E-state index contributed by atoms with van der Waals surface area (Å²) in [5.74, 6) is 1.88. The number of hydrogen-bond donors (Lipinski definition) is 0. The Hall–Kier alpha value is -7.22. The van der Waals surface area contributed by atoms with Crippen molar-refractivity contribution in [3.8, 4) is 78.4 Å². The molecule has 0 aliphatic heterocycles. The smallest absolute Gasteiger partial charge is 0.164 e. The van der Waals surface area contributed by atoms with Gasteiger partial charge in [0.2, 0.25) is 0 Å². The van der Waals surface area contributed by atoms with Gasteiger partial charge in [0.25, 0.3) is 0 Å². The Labute approximate surface area is 321 Å². The van der Waals surface area contributed by atoms with E-state index in [0.29, 0.717) is 17.5 Å². The Bertz CT molecular complexity index is 2910. The van der Waals surface area contributed by atoms with E-state index >= 15 is 0 Å². The first-order chi connectivity index (χ1) is 27.3.